The molecular formula is C13H15N3S. The summed E-state index contributed by atoms with van der Waals surface area (Å²) in [5, 5.41) is 3.42. The summed E-state index contributed by atoms with van der Waals surface area (Å²) in [6.07, 6.45) is 8.02. The molecule has 1 saturated carbocycles. The van der Waals surface area contributed by atoms with Crippen molar-refractivity contribution < 1.29 is 0 Å². The lowest BCUT2D eigenvalue weighted by Gasteiger charge is -2.12. The molecular weight excluding hydrogens is 230 g/mol. The van der Waals surface area contributed by atoms with Crippen LogP contribution in [-0.2, 0) is 0 Å². The van der Waals surface area contributed by atoms with Crippen LogP contribution in [0, 0.1) is 5.92 Å². The Morgan fingerprint density at radius 1 is 1.29 bits per heavy atom. The summed E-state index contributed by atoms with van der Waals surface area (Å²) in [7, 11) is 2.05. The third-order valence-electron chi connectivity index (χ3n) is 3.18. The molecule has 0 radical (unpaired) electrons. The minimum absolute atomic E-state index is 0.526. The van der Waals surface area contributed by atoms with Crippen LogP contribution in [0.25, 0.3) is 10.4 Å². The zero-order valence-corrected chi connectivity index (χ0v) is 10.6. The predicted octanol–water partition coefficient (Wildman–Crippen LogP) is 2.88. The first-order chi connectivity index (χ1) is 8.38. The van der Waals surface area contributed by atoms with Gasteiger partial charge in [-0.15, -0.1) is 11.3 Å². The lowest BCUT2D eigenvalue weighted by Crippen LogP contribution is -2.16. The van der Waals surface area contributed by atoms with E-state index in [2.05, 4.69) is 27.4 Å². The molecule has 0 aromatic carbocycles. The van der Waals surface area contributed by atoms with Gasteiger partial charge in [-0.2, -0.15) is 0 Å². The first-order valence-electron chi connectivity index (χ1n) is 5.91. The van der Waals surface area contributed by atoms with Gasteiger partial charge in [0, 0.05) is 33.8 Å². The SMILES string of the molecule is CNC(c1ccc(-c2cncnc2)s1)C1CC1. The van der Waals surface area contributed by atoms with E-state index < -0.39 is 0 Å². The van der Waals surface area contributed by atoms with Gasteiger partial charge in [0.05, 0.1) is 0 Å². The van der Waals surface area contributed by atoms with E-state index in [0.717, 1.165) is 11.5 Å². The Morgan fingerprint density at radius 3 is 2.71 bits per heavy atom. The largest absolute Gasteiger partial charge is 0.312 e. The van der Waals surface area contributed by atoms with Crippen LogP contribution in [0.1, 0.15) is 23.8 Å². The zero-order chi connectivity index (χ0) is 11.7. The number of aromatic nitrogens is 2. The summed E-state index contributed by atoms with van der Waals surface area (Å²) in [6.45, 7) is 0. The molecule has 2 aromatic rings. The fraction of sp³-hybridized carbons (Fsp3) is 0.385. The molecule has 1 fully saturated rings. The van der Waals surface area contributed by atoms with E-state index in [9.17, 15) is 0 Å². The molecule has 1 atom stereocenters. The third-order valence-corrected chi connectivity index (χ3v) is 4.40. The van der Waals surface area contributed by atoms with E-state index in [1.54, 1.807) is 6.33 Å². The van der Waals surface area contributed by atoms with Crippen molar-refractivity contribution in [2.75, 3.05) is 7.05 Å². The molecule has 2 heterocycles. The van der Waals surface area contributed by atoms with Crippen molar-refractivity contribution in [3.63, 3.8) is 0 Å². The maximum Gasteiger partial charge on any atom is 0.115 e. The summed E-state index contributed by atoms with van der Waals surface area (Å²) in [6, 6.07) is 4.93. The van der Waals surface area contributed by atoms with Gasteiger partial charge >= 0.3 is 0 Å². The van der Waals surface area contributed by atoms with E-state index >= 15 is 0 Å². The fourth-order valence-corrected chi connectivity index (χ4v) is 3.33. The van der Waals surface area contributed by atoms with Crippen molar-refractivity contribution in [1.82, 2.24) is 15.3 Å². The monoisotopic (exact) mass is 245 g/mol. The molecule has 0 amide bonds. The Kier molecular flexibility index (Phi) is 2.91. The molecule has 4 heteroatoms. The number of rotatable bonds is 4. The minimum atomic E-state index is 0.526. The first-order valence-corrected chi connectivity index (χ1v) is 6.72. The van der Waals surface area contributed by atoms with Gasteiger partial charge in [0.25, 0.3) is 0 Å². The number of hydrogen-bond donors (Lipinski definition) is 1. The van der Waals surface area contributed by atoms with Gasteiger partial charge in [0.15, 0.2) is 0 Å². The molecule has 3 rings (SSSR count). The van der Waals surface area contributed by atoms with Crippen LogP contribution in [0.4, 0.5) is 0 Å². The Hall–Kier alpha value is -1.26. The van der Waals surface area contributed by atoms with Crippen LogP contribution in [-0.4, -0.2) is 17.0 Å². The topological polar surface area (TPSA) is 37.8 Å². The molecule has 3 nitrogen and oxygen atoms in total. The Bertz CT molecular complexity index is 490. The quantitative estimate of drug-likeness (QED) is 0.900. The maximum atomic E-state index is 4.06. The van der Waals surface area contributed by atoms with E-state index in [4.69, 9.17) is 0 Å². The molecule has 1 aliphatic carbocycles. The summed E-state index contributed by atoms with van der Waals surface area (Å²) in [5.41, 5.74) is 1.11. The molecule has 88 valence electrons. The highest BCUT2D eigenvalue weighted by molar-refractivity contribution is 7.15. The Balaban J connectivity index is 1.87. The summed E-state index contributed by atoms with van der Waals surface area (Å²) in [4.78, 5) is 10.8. The number of nitrogens with zero attached hydrogens (tertiary/aromatic N) is 2. The van der Waals surface area contributed by atoms with Crippen molar-refractivity contribution in [2.45, 2.75) is 18.9 Å². The maximum absolute atomic E-state index is 4.06. The van der Waals surface area contributed by atoms with Crippen LogP contribution < -0.4 is 5.32 Å². The van der Waals surface area contributed by atoms with E-state index in [1.165, 1.54) is 22.6 Å². The molecule has 0 bridgehead atoms. The van der Waals surface area contributed by atoms with Crippen LogP contribution in [0.5, 0.6) is 0 Å². The van der Waals surface area contributed by atoms with Crippen molar-refractivity contribution in [3.8, 4) is 10.4 Å². The minimum Gasteiger partial charge on any atom is -0.312 e. The standard InChI is InChI=1S/C13H15N3S/c1-14-13(9-2-3-9)12-5-4-11(17-12)10-6-15-8-16-7-10/h4-9,13-14H,2-3H2,1H3. The van der Waals surface area contributed by atoms with Gasteiger partial charge < -0.3 is 5.32 Å². The summed E-state index contributed by atoms with van der Waals surface area (Å²) >= 11 is 1.84. The average Bonchev–Trinajstić information content (AvgIpc) is 3.09. The Labute approximate surface area is 105 Å². The van der Waals surface area contributed by atoms with Crippen molar-refractivity contribution in [3.05, 3.63) is 35.7 Å². The fourth-order valence-electron chi connectivity index (χ4n) is 2.14. The summed E-state index contributed by atoms with van der Waals surface area (Å²) in [5.74, 6) is 0.832. The van der Waals surface area contributed by atoms with Crippen molar-refractivity contribution in [2.24, 2.45) is 5.92 Å². The highest BCUT2D eigenvalue weighted by Crippen LogP contribution is 2.43. The van der Waals surface area contributed by atoms with Gasteiger partial charge in [-0.1, -0.05) is 0 Å². The van der Waals surface area contributed by atoms with Gasteiger partial charge in [-0.3, -0.25) is 0 Å². The van der Waals surface area contributed by atoms with Crippen LogP contribution in [0.2, 0.25) is 0 Å². The molecule has 0 saturated heterocycles. The zero-order valence-electron chi connectivity index (χ0n) is 9.76. The average molecular weight is 245 g/mol. The second-order valence-corrected chi connectivity index (χ2v) is 5.55. The summed E-state index contributed by atoms with van der Waals surface area (Å²) < 4.78 is 0. The highest BCUT2D eigenvalue weighted by atomic mass is 32.1. The molecule has 0 spiro atoms. The second kappa shape index (κ2) is 4.55. The van der Waals surface area contributed by atoms with Crippen LogP contribution in [0.15, 0.2) is 30.9 Å². The van der Waals surface area contributed by atoms with Gasteiger partial charge in [0.2, 0.25) is 0 Å². The van der Waals surface area contributed by atoms with Crippen LogP contribution >= 0.6 is 11.3 Å². The number of nitrogens with one attached hydrogen (secondary N) is 1. The van der Waals surface area contributed by atoms with Crippen molar-refractivity contribution in [1.29, 1.82) is 0 Å². The second-order valence-electron chi connectivity index (χ2n) is 4.43. The van der Waals surface area contributed by atoms with Crippen LogP contribution in [0.3, 0.4) is 0 Å². The molecule has 2 aromatic heterocycles. The highest BCUT2D eigenvalue weighted by Gasteiger charge is 2.32. The third kappa shape index (κ3) is 2.23. The molecule has 1 aliphatic rings. The molecule has 1 N–H and O–H groups in total. The van der Waals surface area contributed by atoms with E-state index in [0.29, 0.717) is 6.04 Å². The lowest BCUT2D eigenvalue weighted by atomic mass is 10.1. The smallest absolute Gasteiger partial charge is 0.115 e. The van der Waals surface area contributed by atoms with Gasteiger partial charge in [-0.05, 0) is 37.9 Å². The van der Waals surface area contributed by atoms with E-state index in [1.807, 2.05) is 30.8 Å². The first kappa shape index (κ1) is 10.9. The van der Waals surface area contributed by atoms with Gasteiger partial charge in [-0.25, -0.2) is 9.97 Å². The van der Waals surface area contributed by atoms with Crippen molar-refractivity contribution >= 4 is 11.3 Å². The normalized spacial score (nSPS) is 17.0. The number of hydrogen-bond acceptors (Lipinski definition) is 4. The molecule has 17 heavy (non-hydrogen) atoms. The van der Waals surface area contributed by atoms with E-state index in [-0.39, 0.29) is 0 Å². The molecule has 1 unspecified atom stereocenters. The van der Waals surface area contributed by atoms with Gasteiger partial charge in [0.1, 0.15) is 6.33 Å². The Morgan fingerprint density at radius 2 is 2.06 bits per heavy atom. The number of thiophene rings is 1. The molecule has 0 aliphatic heterocycles. The predicted molar refractivity (Wildman–Crippen MR) is 69.9 cm³/mol. The lowest BCUT2D eigenvalue weighted by molar-refractivity contribution is 0.537.